The van der Waals surface area contributed by atoms with Crippen molar-refractivity contribution in [2.75, 3.05) is 18.0 Å². The molecule has 4 aromatic rings. The molecule has 180 valence electrons. The average Bonchev–Trinajstić information content (AvgIpc) is 3.29. The van der Waals surface area contributed by atoms with Gasteiger partial charge in [0.1, 0.15) is 10.5 Å². The summed E-state index contributed by atoms with van der Waals surface area (Å²) < 4.78 is 13.8. The number of halogens is 1. The van der Waals surface area contributed by atoms with Crippen molar-refractivity contribution in [1.82, 2.24) is 15.3 Å². The van der Waals surface area contributed by atoms with Gasteiger partial charge < -0.3 is 10.2 Å². The predicted octanol–water partition coefficient (Wildman–Crippen LogP) is 5.19. The molecule has 5 rings (SSSR count). The first-order chi connectivity index (χ1) is 16.9. The summed E-state index contributed by atoms with van der Waals surface area (Å²) in [5.41, 5.74) is 4.52. The Morgan fingerprint density at radius 1 is 1.20 bits per heavy atom. The minimum Gasteiger partial charge on any atom is -0.349 e. The van der Waals surface area contributed by atoms with Crippen molar-refractivity contribution in [3.05, 3.63) is 81.2 Å². The molecule has 1 aliphatic heterocycles. The van der Waals surface area contributed by atoms with E-state index in [1.165, 1.54) is 29.0 Å². The van der Waals surface area contributed by atoms with Crippen molar-refractivity contribution < 1.29 is 9.18 Å². The number of hydrogen-bond donors (Lipinski definition) is 2. The first-order valence-electron chi connectivity index (χ1n) is 11.8. The fourth-order valence-electron chi connectivity index (χ4n) is 4.55. The minimum atomic E-state index is -0.301. The quantitative estimate of drug-likeness (QED) is 0.403. The van der Waals surface area contributed by atoms with E-state index in [0.29, 0.717) is 22.7 Å². The molecule has 0 spiro atoms. The van der Waals surface area contributed by atoms with Gasteiger partial charge in [0.15, 0.2) is 0 Å². The maximum absolute atomic E-state index is 13.2. The lowest BCUT2D eigenvalue weighted by atomic mass is 9.96. The number of thiophene rings is 1. The number of aryl methyl sites for hydroxylation is 1. The average molecular weight is 491 g/mol. The fraction of sp³-hybridized carbons (Fsp3) is 0.296. The van der Waals surface area contributed by atoms with E-state index in [0.717, 1.165) is 36.1 Å². The van der Waals surface area contributed by atoms with E-state index in [9.17, 15) is 14.0 Å². The molecule has 6 nitrogen and oxygen atoms in total. The number of aromatic nitrogens is 2. The number of carbonyl (C=O) groups is 1. The van der Waals surface area contributed by atoms with E-state index in [1.807, 2.05) is 48.4 Å². The number of nitrogens with zero attached hydrogens (tertiary/aromatic N) is 2. The molecule has 35 heavy (non-hydrogen) atoms. The van der Waals surface area contributed by atoms with Gasteiger partial charge in [-0.3, -0.25) is 14.6 Å². The number of rotatable bonds is 5. The van der Waals surface area contributed by atoms with Crippen molar-refractivity contribution in [3.63, 3.8) is 0 Å². The number of hydrogen-bond acceptors (Lipinski definition) is 5. The van der Waals surface area contributed by atoms with Crippen molar-refractivity contribution >= 4 is 33.4 Å². The van der Waals surface area contributed by atoms with E-state index >= 15 is 0 Å². The molecule has 1 amide bonds. The van der Waals surface area contributed by atoms with E-state index in [1.54, 1.807) is 12.1 Å². The highest BCUT2D eigenvalue weighted by molar-refractivity contribution is 7.17. The van der Waals surface area contributed by atoms with E-state index in [2.05, 4.69) is 10.3 Å². The summed E-state index contributed by atoms with van der Waals surface area (Å²) in [7, 11) is 0. The van der Waals surface area contributed by atoms with Gasteiger partial charge in [-0.15, -0.1) is 11.3 Å². The normalized spacial score (nSPS) is 16.9. The number of aromatic amines is 1. The van der Waals surface area contributed by atoms with Crippen LogP contribution in [0.25, 0.3) is 21.3 Å². The second-order valence-electron chi connectivity index (χ2n) is 9.15. The van der Waals surface area contributed by atoms with Gasteiger partial charge in [-0.05, 0) is 49.9 Å². The van der Waals surface area contributed by atoms with E-state index in [-0.39, 0.29) is 29.2 Å². The van der Waals surface area contributed by atoms with E-state index in [4.69, 9.17) is 4.98 Å². The van der Waals surface area contributed by atoms with Gasteiger partial charge in [0.25, 0.3) is 5.56 Å². The van der Waals surface area contributed by atoms with Gasteiger partial charge in [0.2, 0.25) is 11.9 Å². The highest BCUT2D eigenvalue weighted by atomic mass is 32.1. The van der Waals surface area contributed by atoms with Crippen LogP contribution in [0.1, 0.15) is 36.9 Å². The Morgan fingerprint density at radius 2 is 1.94 bits per heavy atom. The molecule has 2 aromatic carbocycles. The lowest BCUT2D eigenvalue weighted by molar-refractivity contribution is -0.125. The van der Waals surface area contributed by atoms with Gasteiger partial charge >= 0.3 is 0 Å². The summed E-state index contributed by atoms with van der Waals surface area (Å²) in [4.78, 5) is 35.7. The SMILES string of the molecule is Cc1ccc(-c2csc3c(=O)[nH]c(N4CCC[C@H](C(=O)N[C@H](C)c5ccc(F)cc5)C4)nc23)cc1. The van der Waals surface area contributed by atoms with Crippen LogP contribution in [-0.2, 0) is 4.79 Å². The number of fused-ring (bicyclic) bond motifs is 1. The second-order valence-corrected chi connectivity index (χ2v) is 10.0. The molecular weight excluding hydrogens is 463 g/mol. The summed E-state index contributed by atoms with van der Waals surface area (Å²) in [6.07, 6.45) is 1.58. The molecule has 0 saturated carbocycles. The topological polar surface area (TPSA) is 78.1 Å². The molecule has 0 radical (unpaired) electrons. The van der Waals surface area contributed by atoms with Gasteiger partial charge in [0.05, 0.1) is 17.5 Å². The first kappa shape index (κ1) is 23.2. The van der Waals surface area contributed by atoms with Gasteiger partial charge in [-0.2, -0.15) is 0 Å². The summed E-state index contributed by atoms with van der Waals surface area (Å²) in [6.45, 7) is 5.12. The monoisotopic (exact) mass is 490 g/mol. The molecule has 1 aliphatic rings. The molecule has 1 saturated heterocycles. The van der Waals surface area contributed by atoms with Crippen LogP contribution < -0.4 is 15.8 Å². The molecule has 2 N–H and O–H groups in total. The Hall–Kier alpha value is -3.52. The molecule has 1 fully saturated rings. The Bertz CT molecular complexity index is 1410. The smallest absolute Gasteiger partial charge is 0.270 e. The van der Waals surface area contributed by atoms with Gasteiger partial charge in [-0.1, -0.05) is 42.0 Å². The zero-order valence-corrected chi connectivity index (χ0v) is 20.5. The van der Waals surface area contributed by atoms with E-state index < -0.39 is 0 Å². The first-order valence-corrected chi connectivity index (χ1v) is 12.7. The molecular formula is C27H27FN4O2S. The zero-order valence-electron chi connectivity index (χ0n) is 19.7. The Labute approximate surface area is 206 Å². The molecule has 8 heteroatoms. The third-order valence-electron chi connectivity index (χ3n) is 6.60. The molecule has 0 bridgehead atoms. The molecule has 2 atom stereocenters. The maximum Gasteiger partial charge on any atom is 0.270 e. The highest BCUT2D eigenvalue weighted by Crippen LogP contribution is 2.32. The number of amides is 1. The Balaban J connectivity index is 1.36. The lowest BCUT2D eigenvalue weighted by Crippen LogP contribution is -2.44. The number of piperidine rings is 1. The minimum absolute atomic E-state index is 0.0502. The summed E-state index contributed by atoms with van der Waals surface area (Å²) in [5, 5.41) is 5.03. The predicted molar refractivity (Wildman–Crippen MR) is 138 cm³/mol. The molecule has 2 aromatic heterocycles. The Morgan fingerprint density at radius 3 is 2.69 bits per heavy atom. The number of nitrogens with one attached hydrogen (secondary N) is 2. The summed E-state index contributed by atoms with van der Waals surface area (Å²) in [5.74, 6) is -0.0827. The molecule has 3 heterocycles. The fourth-order valence-corrected chi connectivity index (χ4v) is 5.46. The molecule has 0 aliphatic carbocycles. The van der Waals surface area contributed by atoms with Crippen molar-refractivity contribution in [3.8, 4) is 11.1 Å². The third-order valence-corrected chi connectivity index (χ3v) is 7.57. The van der Waals surface area contributed by atoms with Crippen LogP contribution >= 0.6 is 11.3 Å². The Kier molecular flexibility index (Phi) is 6.38. The summed E-state index contributed by atoms with van der Waals surface area (Å²) >= 11 is 1.39. The number of H-pyrrole nitrogens is 1. The van der Waals surface area contributed by atoms with Crippen LogP contribution in [-0.4, -0.2) is 29.0 Å². The van der Waals surface area contributed by atoms with Crippen LogP contribution in [0.15, 0.2) is 58.7 Å². The number of carbonyl (C=O) groups excluding carboxylic acids is 1. The van der Waals surface area contributed by atoms with Gasteiger partial charge in [-0.25, -0.2) is 9.37 Å². The van der Waals surface area contributed by atoms with Gasteiger partial charge in [0, 0.05) is 24.0 Å². The molecule has 0 unspecified atom stereocenters. The van der Waals surface area contributed by atoms with Crippen LogP contribution in [0.2, 0.25) is 0 Å². The zero-order chi connectivity index (χ0) is 24.5. The standard InChI is InChI=1S/C27H27FN4O2S/c1-16-5-7-19(8-6-16)22-15-35-24-23(22)30-27(31-26(24)34)32-13-3-4-20(14-32)25(33)29-17(2)18-9-11-21(28)12-10-18/h5-12,15,17,20H,3-4,13-14H2,1-2H3,(H,29,33)(H,30,31,34)/t17-,20+/m1/s1. The maximum atomic E-state index is 13.2. The van der Waals surface area contributed by atoms with Crippen LogP contribution in [0.4, 0.5) is 10.3 Å². The van der Waals surface area contributed by atoms with Crippen LogP contribution in [0.5, 0.6) is 0 Å². The summed E-state index contributed by atoms with van der Waals surface area (Å²) in [6, 6.07) is 14.1. The van der Waals surface area contributed by atoms with Crippen molar-refractivity contribution in [2.24, 2.45) is 5.92 Å². The number of benzene rings is 2. The second kappa shape index (κ2) is 9.62. The van der Waals surface area contributed by atoms with Crippen LogP contribution in [0.3, 0.4) is 0 Å². The van der Waals surface area contributed by atoms with Crippen molar-refractivity contribution in [1.29, 1.82) is 0 Å². The highest BCUT2D eigenvalue weighted by Gasteiger charge is 2.28. The lowest BCUT2D eigenvalue weighted by Gasteiger charge is -2.33. The number of anilines is 1. The third kappa shape index (κ3) is 4.84. The van der Waals surface area contributed by atoms with Crippen LogP contribution in [0, 0.1) is 18.7 Å². The van der Waals surface area contributed by atoms with Crippen molar-refractivity contribution in [2.45, 2.75) is 32.7 Å². The largest absolute Gasteiger partial charge is 0.349 e.